The molecular formula is C20H20F3N11O. The van der Waals surface area contributed by atoms with Crippen LogP contribution in [0.4, 0.5) is 19.1 Å². The largest absolute Gasteiger partial charge is 0.486 e. The Morgan fingerprint density at radius 1 is 1.06 bits per heavy atom. The van der Waals surface area contributed by atoms with Gasteiger partial charge in [0.25, 0.3) is 0 Å². The molecule has 1 fully saturated rings. The van der Waals surface area contributed by atoms with Crippen molar-refractivity contribution < 1.29 is 17.9 Å². The van der Waals surface area contributed by atoms with E-state index in [2.05, 4.69) is 40.7 Å². The average molecular weight is 487 g/mol. The minimum atomic E-state index is -4.47. The summed E-state index contributed by atoms with van der Waals surface area (Å²) in [7, 11) is 0. The van der Waals surface area contributed by atoms with E-state index >= 15 is 0 Å². The summed E-state index contributed by atoms with van der Waals surface area (Å²) in [6.07, 6.45) is 3.45. The maximum Gasteiger partial charge on any atom is 0.419 e. The van der Waals surface area contributed by atoms with Gasteiger partial charge in [-0.05, 0) is 42.3 Å². The van der Waals surface area contributed by atoms with Crippen LogP contribution in [0.3, 0.4) is 0 Å². The first kappa shape index (κ1) is 22.6. The maximum absolute atomic E-state index is 12.9. The van der Waals surface area contributed by atoms with E-state index in [9.17, 15) is 13.2 Å². The second-order valence-electron chi connectivity index (χ2n) is 8.04. The second kappa shape index (κ2) is 9.23. The molecule has 0 amide bonds. The topological polar surface area (TPSA) is 125 Å². The fourth-order valence-corrected chi connectivity index (χ4v) is 3.90. The summed E-state index contributed by atoms with van der Waals surface area (Å²) in [6, 6.07) is 3.50. The molecule has 0 aromatic carbocycles. The number of nitrogens with zero attached hydrogens (tertiary/aromatic N) is 11. The third-order valence-corrected chi connectivity index (χ3v) is 5.63. The quantitative estimate of drug-likeness (QED) is 0.383. The Bertz CT molecular complexity index is 1240. The number of tetrazole rings is 1. The van der Waals surface area contributed by atoms with Gasteiger partial charge in [-0.1, -0.05) is 0 Å². The molecule has 5 heterocycles. The van der Waals surface area contributed by atoms with Crippen LogP contribution in [0.2, 0.25) is 0 Å². The van der Waals surface area contributed by atoms with Crippen molar-refractivity contribution in [1.82, 2.24) is 50.2 Å². The Hall–Kier alpha value is -4.17. The van der Waals surface area contributed by atoms with Crippen molar-refractivity contribution in [2.24, 2.45) is 0 Å². The van der Waals surface area contributed by atoms with Crippen LogP contribution in [-0.4, -0.2) is 62.2 Å². The summed E-state index contributed by atoms with van der Waals surface area (Å²) in [5.74, 6) is 1.37. The third-order valence-electron chi connectivity index (χ3n) is 5.63. The fourth-order valence-electron chi connectivity index (χ4n) is 3.90. The zero-order chi connectivity index (χ0) is 24.4. The van der Waals surface area contributed by atoms with E-state index in [1.165, 1.54) is 11.0 Å². The van der Waals surface area contributed by atoms with Crippen molar-refractivity contribution in [2.45, 2.75) is 51.2 Å². The highest BCUT2D eigenvalue weighted by molar-refractivity contribution is 5.36. The number of anilines is 1. The van der Waals surface area contributed by atoms with Crippen LogP contribution in [0.5, 0.6) is 5.75 Å². The molecule has 0 saturated carbocycles. The minimum absolute atomic E-state index is 0.0501. The molecular weight excluding hydrogens is 467 g/mol. The summed E-state index contributed by atoms with van der Waals surface area (Å²) in [6.45, 7) is 2.63. The molecule has 0 aliphatic carbocycles. The van der Waals surface area contributed by atoms with Gasteiger partial charge in [-0.15, -0.1) is 5.10 Å². The first-order chi connectivity index (χ1) is 16.9. The molecule has 0 bridgehead atoms. The lowest BCUT2D eigenvalue weighted by Gasteiger charge is -2.28. The van der Waals surface area contributed by atoms with Crippen LogP contribution in [0.1, 0.15) is 31.0 Å². The molecule has 2 atom stereocenters. The van der Waals surface area contributed by atoms with Crippen LogP contribution in [0, 0.1) is 0 Å². The van der Waals surface area contributed by atoms with Gasteiger partial charge in [0.15, 0.2) is 5.82 Å². The molecule has 4 aromatic heterocycles. The van der Waals surface area contributed by atoms with Gasteiger partial charge in [0, 0.05) is 18.4 Å². The Morgan fingerprint density at radius 3 is 2.57 bits per heavy atom. The zero-order valence-electron chi connectivity index (χ0n) is 18.5. The third kappa shape index (κ3) is 5.02. The lowest BCUT2D eigenvalue weighted by molar-refractivity contribution is -0.138. The number of alkyl halides is 3. The van der Waals surface area contributed by atoms with Crippen LogP contribution in [-0.2, 0) is 19.3 Å². The molecule has 0 spiro atoms. The minimum Gasteiger partial charge on any atom is -0.486 e. The number of halogens is 3. The van der Waals surface area contributed by atoms with Crippen molar-refractivity contribution in [2.75, 3.05) is 4.90 Å². The molecule has 1 aliphatic heterocycles. The monoisotopic (exact) mass is 487 g/mol. The molecule has 15 heteroatoms. The highest BCUT2D eigenvalue weighted by atomic mass is 19.4. The maximum atomic E-state index is 12.9. The van der Waals surface area contributed by atoms with Gasteiger partial charge in [0.2, 0.25) is 5.95 Å². The van der Waals surface area contributed by atoms with Gasteiger partial charge in [0.05, 0.1) is 30.5 Å². The summed E-state index contributed by atoms with van der Waals surface area (Å²) < 4.78 is 45.7. The summed E-state index contributed by atoms with van der Waals surface area (Å²) in [4.78, 5) is 15.7. The zero-order valence-corrected chi connectivity index (χ0v) is 18.5. The second-order valence-corrected chi connectivity index (χ2v) is 8.04. The highest BCUT2D eigenvalue weighted by Gasteiger charge is 2.35. The Morgan fingerprint density at radius 2 is 1.89 bits per heavy atom. The van der Waals surface area contributed by atoms with Crippen LogP contribution >= 0.6 is 0 Å². The Balaban J connectivity index is 1.20. The number of hydrogen-bond acceptors (Lipinski definition) is 10. The summed E-state index contributed by atoms with van der Waals surface area (Å²) in [5, 5.41) is 19.7. The average Bonchev–Trinajstić information content (AvgIpc) is 3.60. The Labute approximate surface area is 196 Å². The van der Waals surface area contributed by atoms with Gasteiger partial charge >= 0.3 is 6.18 Å². The van der Waals surface area contributed by atoms with Crippen LogP contribution < -0.4 is 9.64 Å². The lowest BCUT2D eigenvalue weighted by atomic mass is 10.2. The summed E-state index contributed by atoms with van der Waals surface area (Å²) >= 11 is 0. The van der Waals surface area contributed by atoms with Gasteiger partial charge in [-0.25, -0.2) is 15.0 Å². The van der Waals surface area contributed by atoms with E-state index in [4.69, 9.17) is 4.74 Å². The standard InChI is InChI=1S/C20H20F3N11O/c1-13-2-3-16(34(13)19-25-6-14(7-26-19)20(21,22)23)10-33-28-8-15(29-33)11-35-17-4-5-18(24-9-17)32-12-27-30-31-32/h4-9,12-13,16H,2-3,10-11H2,1H3. The summed E-state index contributed by atoms with van der Waals surface area (Å²) in [5.41, 5.74) is -0.249. The molecule has 5 rings (SSSR count). The van der Waals surface area contributed by atoms with E-state index in [0.717, 1.165) is 25.2 Å². The number of hydrogen-bond donors (Lipinski definition) is 0. The van der Waals surface area contributed by atoms with E-state index in [1.807, 2.05) is 11.8 Å². The number of ether oxygens (including phenoxy) is 1. The van der Waals surface area contributed by atoms with E-state index in [-0.39, 0.29) is 24.6 Å². The van der Waals surface area contributed by atoms with Crippen molar-refractivity contribution in [3.8, 4) is 11.6 Å². The lowest BCUT2D eigenvalue weighted by Crippen LogP contribution is -2.39. The predicted molar refractivity (Wildman–Crippen MR) is 113 cm³/mol. The molecule has 0 radical (unpaired) electrons. The van der Waals surface area contributed by atoms with Gasteiger partial charge in [-0.2, -0.15) is 32.8 Å². The molecule has 1 aliphatic rings. The van der Waals surface area contributed by atoms with Gasteiger partial charge < -0.3 is 9.64 Å². The van der Waals surface area contributed by atoms with Crippen molar-refractivity contribution in [1.29, 1.82) is 0 Å². The molecule has 12 nitrogen and oxygen atoms in total. The van der Waals surface area contributed by atoms with Gasteiger partial charge in [0.1, 0.15) is 24.4 Å². The number of rotatable bonds is 7. The van der Waals surface area contributed by atoms with Crippen LogP contribution in [0.25, 0.3) is 5.82 Å². The number of aromatic nitrogens is 10. The Kier molecular flexibility index (Phi) is 5.96. The molecule has 1 saturated heterocycles. The van der Waals surface area contributed by atoms with Gasteiger partial charge in [-0.3, -0.25) is 0 Å². The molecule has 182 valence electrons. The van der Waals surface area contributed by atoms with Crippen molar-refractivity contribution in [3.63, 3.8) is 0 Å². The normalized spacial score (nSPS) is 18.2. The smallest absolute Gasteiger partial charge is 0.419 e. The highest BCUT2D eigenvalue weighted by Crippen LogP contribution is 2.31. The molecule has 2 unspecified atom stereocenters. The van der Waals surface area contributed by atoms with Crippen LogP contribution in [0.15, 0.2) is 43.2 Å². The van der Waals surface area contributed by atoms with E-state index in [0.29, 0.717) is 23.8 Å². The predicted octanol–water partition coefficient (Wildman–Crippen LogP) is 2.09. The first-order valence-electron chi connectivity index (χ1n) is 10.8. The molecule has 35 heavy (non-hydrogen) atoms. The SMILES string of the molecule is CC1CCC(Cn2ncc(COc3ccc(-n4cnnn4)nc3)n2)N1c1ncc(C(F)(F)F)cn1. The first-order valence-corrected chi connectivity index (χ1v) is 10.8. The number of pyridine rings is 1. The van der Waals surface area contributed by atoms with E-state index in [1.54, 1.807) is 29.3 Å². The van der Waals surface area contributed by atoms with Crippen molar-refractivity contribution in [3.05, 3.63) is 54.5 Å². The fraction of sp³-hybridized carbons (Fsp3) is 0.400. The van der Waals surface area contributed by atoms with Crippen molar-refractivity contribution >= 4 is 5.95 Å². The van der Waals surface area contributed by atoms with E-state index < -0.39 is 11.7 Å². The molecule has 0 N–H and O–H groups in total. The molecule has 4 aromatic rings.